The van der Waals surface area contributed by atoms with Gasteiger partial charge in [0.05, 0.1) is 11.6 Å². The average molecular weight is 349 g/mol. The minimum Gasteiger partial charge on any atom is -0.271 e. The first kappa shape index (κ1) is 15.5. The Hall–Kier alpha value is -0.850. The summed E-state index contributed by atoms with van der Waals surface area (Å²) in [6.45, 7) is 0. The molecule has 0 radical (unpaired) electrons. The largest absolute Gasteiger partial charge is 0.416 e. The molecule has 1 aromatic carbocycles. The van der Waals surface area contributed by atoms with Gasteiger partial charge in [0, 0.05) is 4.47 Å². The molecule has 0 spiro atoms. The van der Waals surface area contributed by atoms with E-state index in [9.17, 15) is 13.2 Å². The molecule has 0 aromatic heterocycles. The molecule has 0 bridgehead atoms. The summed E-state index contributed by atoms with van der Waals surface area (Å²) >= 11 is 3.09. The van der Waals surface area contributed by atoms with E-state index in [0.717, 1.165) is 37.3 Å². The lowest BCUT2D eigenvalue weighted by Crippen LogP contribution is -2.31. The maximum absolute atomic E-state index is 13.2. The minimum absolute atomic E-state index is 0.177. The van der Waals surface area contributed by atoms with E-state index in [0.29, 0.717) is 4.47 Å². The fraction of sp³-hybridized carbons (Fsp3) is 0.429. The van der Waals surface area contributed by atoms with Crippen LogP contribution in [0.2, 0.25) is 0 Å². The van der Waals surface area contributed by atoms with E-state index >= 15 is 0 Å². The summed E-state index contributed by atoms with van der Waals surface area (Å²) in [6, 6.07) is 3.61. The summed E-state index contributed by atoms with van der Waals surface area (Å²) in [5.41, 5.74) is 3.00. The van der Waals surface area contributed by atoms with E-state index in [2.05, 4.69) is 21.4 Å². The highest BCUT2D eigenvalue weighted by atomic mass is 79.9. The number of halogens is 4. The molecule has 6 heteroatoms. The Morgan fingerprint density at radius 1 is 1.25 bits per heavy atom. The third-order valence-electron chi connectivity index (χ3n) is 3.50. The predicted octanol–water partition coefficient (Wildman–Crippen LogP) is 4.47. The third kappa shape index (κ3) is 3.42. The summed E-state index contributed by atoms with van der Waals surface area (Å²) < 4.78 is 40.0. The Balaban J connectivity index is 2.46. The zero-order chi connectivity index (χ0) is 14.8. The standard InChI is InChI=1S/C14H16BrF3N2/c15-10-6-7-11(12(8-10)14(16,17)18)13(20-19)9-4-2-1-3-5-9/h4,6-8,13,20H,1-3,5,19H2. The second kappa shape index (κ2) is 6.28. The van der Waals surface area contributed by atoms with Crippen molar-refractivity contribution in [3.8, 4) is 0 Å². The lowest BCUT2D eigenvalue weighted by atomic mass is 9.88. The van der Waals surface area contributed by atoms with Gasteiger partial charge in [-0.15, -0.1) is 0 Å². The zero-order valence-electron chi connectivity index (χ0n) is 10.8. The molecular formula is C14H16BrF3N2. The van der Waals surface area contributed by atoms with Crippen molar-refractivity contribution in [3.05, 3.63) is 45.4 Å². The molecule has 3 N–H and O–H groups in total. The molecule has 20 heavy (non-hydrogen) atoms. The first-order valence-electron chi connectivity index (χ1n) is 6.45. The molecule has 0 saturated carbocycles. The smallest absolute Gasteiger partial charge is 0.271 e. The number of hydrazine groups is 1. The molecule has 0 fully saturated rings. The summed E-state index contributed by atoms with van der Waals surface area (Å²) in [5.74, 6) is 5.52. The molecule has 0 saturated heterocycles. The van der Waals surface area contributed by atoms with Gasteiger partial charge in [-0.05, 0) is 43.4 Å². The molecule has 0 amide bonds. The number of benzene rings is 1. The van der Waals surface area contributed by atoms with Crippen LogP contribution in [0.3, 0.4) is 0 Å². The second-order valence-corrected chi connectivity index (χ2v) is 5.77. The van der Waals surface area contributed by atoms with E-state index in [1.54, 1.807) is 6.07 Å². The Labute approximate surface area is 124 Å². The van der Waals surface area contributed by atoms with Crippen LogP contribution in [0, 0.1) is 0 Å². The molecule has 110 valence electrons. The Bertz CT molecular complexity index is 512. The van der Waals surface area contributed by atoms with Gasteiger partial charge >= 0.3 is 6.18 Å². The van der Waals surface area contributed by atoms with Crippen molar-refractivity contribution in [2.45, 2.75) is 37.9 Å². The van der Waals surface area contributed by atoms with Crippen LogP contribution in [0.5, 0.6) is 0 Å². The van der Waals surface area contributed by atoms with Crippen molar-refractivity contribution >= 4 is 15.9 Å². The van der Waals surface area contributed by atoms with Crippen LogP contribution in [0.4, 0.5) is 13.2 Å². The fourth-order valence-corrected chi connectivity index (χ4v) is 2.91. The van der Waals surface area contributed by atoms with Crippen molar-refractivity contribution in [1.82, 2.24) is 5.43 Å². The lowest BCUT2D eigenvalue weighted by molar-refractivity contribution is -0.138. The molecule has 0 aliphatic heterocycles. The monoisotopic (exact) mass is 348 g/mol. The van der Waals surface area contributed by atoms with Gasteiger partial charge in [-0.3, -0.25) is 5.84 Å². The van der Waals surface area contributed by atoms with E-state index in [1.165, 1.54) is 6.07 Å². The van der Waals surface area contributed by atoms with E-state index < -0.39 is 17.8 Å². The normalized spacial score (nSPS) is 17.8. The first-order valence-corrected chi connectivity index (χ1v) is 7.24. The van der Waals surface area contributed by atoms with Gasteiger partial charge in [0.1, 0.15) is 0 Å². The van der Waals surface area contributed by atoms with E-state index in [1.807, 2.05) is 6.08 Å². The minimum atomic E-state index is -4.40. The van der Waals surface area contributed by atoms with Crippen LogP contribution in [-0.2, 0) is 6.18 Å². The summed E-state index contributed by atoms with van der Waals surface area (Å²) in [6.07, 6.45) is 1.34. The van der Waals surface area contributed by atoms with Crippen LogP contribution < -0.4 is 11.3 Å². The molecule has 0 heterocycles. The van der Waals surface area contributed by atoms with Crippen LogP contribution in [0.15, 0.2) is 34.3 Å². The quantitative estimate of drug-likeness (QED) is 0.480. The predicted molar refractivity (Wildman–Crippen MR) is 75.8 cm³/mol. The number of allylic oxidation sites excluding steroid dienone is 1. The number of rotatable bonds is 3. The van der Waals surface area contributed by atoms with Gasteiger partial charge < -0.3 is 0 Å². The number of nitrogens with one attached hydrogen (secondary N) is 1. The maximum atomic E-state index is 13.2. The van der Waals surface area contributed by atoms with Gasteiger partial charge in [-0.25, -0.2) is 5.43 Å². The van der Waals surface area contributed by atoms with Gasteiger partial charge in [0.25, 0.3) is 0 Å². The maximum Gasteiger partial charge on any atom is 0.416 e. The number of hydrogen-bond acceptors (Lipinski definition) is 2. The summed E-state index contributed by atoms with van der Waals surface area (Å²) in [7, 11) is 0. The Morgan fingerprint density at radius 2 is 2.00 bits per heavy atom. The third-order valence-corrected chi connectivity index (χ3v) is 3.99. The molecule has 1 atom stereocenters. The van der Waals surface area contributed by atoms with E-state index in [4.69, 9.17) is 5.84 Å². The summed E-state index contributed by atoms with van der Waals surface area (Å²) in [4.78, 5) is 0. The Morgan fingerprint density at radius 3 is 2.55 bits per heavy atom. The SMILES string of the molecule is NNC(C1=CCCCC1)c1ccc(Br)cc1C(F)(F)F. The van der Waals surface area contributed by atoms with Gasteiger partial charge in [-0.1, -0.05) is 33.6 Å². The van der Waals surface area contributed by atoms with E-state index in [-0.39, 0.29) is 5.56 Å². The Kier molecular flexibility index (Phi) is 4.88. The van der Waals surface area contributed by atoms with Gasteiger partial charge in [0.15, 0.2) is 0 Å². The summed E-state index contributed by atoms with van der Waals surface area (Å²) in [5, 5.41) is 0. The highest BCUT2D eigenvalue weighted by Gasteiger charge is 2.36. The molecule has 1 aromatic rings. The van der Waals surface area contributed by atoms with Crippen LogP contribution in [0.25, 0.3) is 0 Å². The van der Waals surface area contributed by atoms with Crippen LogP contribution >= 0.6 is 15.9 Å². The first-order chi connectivity index (χ1) is 9.43. The molecule has 2 nitrogen and oxygen atoms in total. The van der Waals surface area contributed by atoms with Crippen molar-refractivity contribution in [2.24, 2.45) is 5.84 Å². The van der Waals surface area contributed by atoms with Gasteiger partial charge in [0.2, 0.25) is 0 Å². The second-order valence-electron chi connectivity index (χ2n) is 4.85. The average Bonchev–Trinajstić information content (AvgIpc) is 2.41. The molecule has 1 unspecified atom stereocenters. The van der Waals surface area contributed by atoms with Gasteiger partial charge in [-0.2, -0.15) is 13.2 Å². The lowest BCUT2D eigenvalue weighted by Gasteiger charge is -2.26. The zero-order valence-corrected chi connectivity index (χ0v) is 12.4. The number of alkyl halides is 3. The molecule has 1 aliphatic rings. The van der Waals surface area contributed by atoms with Crippen molar-refractivity contribution in [2.75, 3.05) is 0 Å². The van der Waals surface area contributed by atoms with Crippen molar-refractivity contribution < 1.29 is 13.2 Å². The molecule has 1 aliphatic carbocycles. The van der Waals surface area contributed by atoms with Crippen molar-refractivity contribution in [1.29, 1.82) is 0 Å². The van der Waals surface area contributed by atoms with Crippen molar-refractivity contribution in [3.63, 3.8) is 0 Å². The fourth-order valence-electron chi connectivity index (χ4n) is 2.55. The molecular weight excluding hydrogens is 333 g/mol. The highest BCUT2D eigenvalue weighted by molar-refractivity contribution is 9.10. The number of nitrogens with two attached hydrogens (primary N) is 1. The van der Waals surface area contributed by atoms with Crippen LogP contribution in [-0.4, -0.2) is 0 Å². The molecule has 2 rings (SSSR count). The number of hydrogen-bond donors (Lipinski definition) is 2. The highest BCUT2D eigenvalue weighted by Crippen LogP contribution is 2.39. The van der Waals surface area contributed by atoms with Crippen LogP contribution in [0.1, 0.15) is 42.9 Å². The topological polar surface area (TPSA) is 38.0 Å².